The van der Waals surface area contributed by atoms with Gasteiger partial charge in [0.25, 0.3) is 0 Å². The molecule has 0 N–H and O–H groups in total. The minimum absolute atomic E-state index is 0.209. The molecule has 0 radical (unpaired) electrons. The average molecular weight is 271 g/mol. The Hall–Kier alpha value is -1.59. The van der Waals surface area contributed by atoms with Crippen LogP contribution in [0, 0.1) is 0 Å². The van der Waals surface area contributed by atoms with E-state index in [2.05, 4.69) is 0 Å². The van der Waals surface area contributed by atoms with Crippen molar-refractivity contribution in [2.45, 2.75) is 52.2 Å². The summed E-state index contributed by atoms with van der Waals surface area (Å²) in [6, 6.07) is -0.667. The third kappa shape index (κ3) is 4.54. The second-order valence-electron chi connectivity index (χ2n) is 5.41. The van der Waals surface area contributed by atoms with Crippen LogP contribution in [0.4, 0.5) is 0 Å². The summed E-state index contributed by atoms with van der Waals surface area (Å²) >= 11 is 0. The van der Waals surface area contributed by atoms with E-state index in [1.54, 1.807) is 27.7 Å². The minimum Gasteiger partial charge on any atom is -0.464 e. The van der Waals surface area contributed by atoms with Gasteiger partial charge in [0.2, 0.25) is 5.91 Å². The van der Waals surface area contributed by atoms with Gasteiger partial charge in [0.05, 0.1) is 6.61 Å². The molecule has 6 heteroatoms. The molecule has 1 fully saturated rings. The Balaban J connectivity index is 2.65. The lowest BCUT2D eigenvalue weighted by Gasteiger charge is -2.25. The van der Waals surface area contributed by atoms with Crippen LogP contribution in [0.3, 0.4) is 0 Å². The zero-order valence-electron chi connectivity index (χ0n) is 11.9. The van der Waals surface area contributed by atoms with E-state index >= 15 is 0 Å². The summed E-state index contributed by atoms with van der Waals surface area (Å²) in [4.78, 5) is 36.4. The summed E-state index contributed by atoms with van der Waals surface area (Å²) in [5, 5.41) is 0. The lowest BCUT2D eigenvalue weighted by atomic mass is 10.2. The SMILES string of the molecule is CCOC(=O)C1CCC(=O)N1CC(=O)OC(C)(C)C. The highest BCUT2D eigenvalue weighted by Crippen LogP contribution is 2.20. The van der Waals surface area contributed by atoms with E-state index in [-0.39, 0.29) is 25.5 Å². The number of esters is 2. The Labute approximate surface area is 113 Å². The maximum Gasteiger partial charge on any atom is 0.328 e. The lowest BCUT2D eigenvalue weighted by molar-refractivity contribution is -0.161. The van der Waals surface area contributed by atoms with Crippen molar-refractivity contribution in [1.29, 1.82) is 0 Å². The predicted molar refractivity (Wildman–Crippen MR) is 67.2 cm³/mol. The minimum atomic E-state index is -0.667. The summed E-state index contributed by atoms with van der Waals surface area (Å²) in [5.41, 5.74) is -0.612. The van der Waals surface area contributed by atoms with Crippen LogP contribution < -0.4 is 0 Å². The van der Waals surface area contributed by atoms with Crippen molar-refractivity contribution in [1.82, 2.24) is 4.90 Å². The van der Waals surface area contributed by atoms with Crippen molar-refractivity contribution >= 4 is 17.8 Å². The Kier molecular flexibility index (Phi) is 4.91. The zero-order valence-corrected chi connectivity index (χ0v) is 11.9. The molecular weight excluding hydrogens is 250 g/mol. The first kappa shape index (κ1) is 15.5. The molecule has 6 nitrogen and oxygen atoms in total. The van der Waals surface area contributed by atoms with Crippen molar-refractivity contribution < 1.29 is 23.9 Å². The van der Waals surface area contributed by atoms with E-state index in [1.807, 2.05) is 0 Å². The number of hydrogen-bond acceptors (Lipinski definition) is 5. The fourth-order valence-electron chi connectivity index (χ4n) is 1.93. The number of carbonyl (C=O) groups is 3. The molecule has 0 spiro atoms. The summed E-state index contributed by atoms with van der Waals surface area (Å²) in [5.74, 6) is -1.20. The van der Waals surface area contributed by atoms with Crippen molar-refractivity contribution in [3.63, 3.8) is 0 Å². The van der Waals surface area contributed by atoms with E-state index < -0.39 is 23.6 Å². The van der Waals surface area contributed by atoms with Crippen LogP contribution in [0.25, 0.3) is 0 Å². The number of ether oxygens (including phenoxy) is 2. The molecule has 0 saturated carbocycles. The van der Waals surface area contributed by atoms with Gasteiger partial charge in [-0.2, -0.15) is 0 Å². The first-order chi connectivity index (χ1) is 8.74. The largest absolute Gasteiger partial charge is 0.464 e. The van der Waals surface area contributed by atoms with Crippen LogP contribution in [0.1, 0.15) is 40.5 Å². The Morgan fingerprint density at radius 2 is 2.00 bits per heavy atom. The van der Waals surface area contributed by atoms with E-state index in [4.69, 9.17) is 9.47 Å². The Morgan fingerprint density at radius 3 is 2.53 bits per heavy atom. The normalized spacial score (nSPS) is 19.5. The van der Waals surface area contributed by atoms with Gasteiger partial charge in [0.15, 0.2) is 0 Å². The smallest absolute Gasteiger partial charge is 0.328 e. The molecule has 1 heterocycles. The molecular formula is C13H21NO5. The average Bonchev–Trinajstić information content (AvgIpc) is 2.58. The molecule has 1 amide bonds. The van der Waals surface area contributed by atoms with Gasteiger partial charge in [-0.3, -0.25) is 9.59 Å². The Morgan fingerprint density at radius 1 is 1.37 bits per heavy atom. The molecule has 1 aliphatic heterocycles. The summed E-state index contributed by atoms with van der Waals surface area (Å²) in [7, 11) is 0. The zero-order chi connectivity index (χ0) is 14.6. The van der Waals surface area contributed by atoms with Gasteiger partial charge in [0, 0.05) is 6.42 Å². The first-order valence-corrected chi connectivity index (χ1v) is 6.42. The standard InChI is InChI=1S/C13H21NO5/c1-5-18-12(17)9-6-7-10(15)14(9)8-11(16)19-13(2,3)4/h9H,5-8H2,1-4H3. The highest BCUT2D eigenvalue weighted by molar-refractivity contribution is 5.90. The monoisotopic (exact) mass is 271 g/mol. The molecule has 0 aliphatic carbocycles. The molecule has 1 saturated heterocycles. The summed E-state index contributed by atoms with van der Waals surface area (Å²) < 4.78 is 10.1. The second-order valence-corrected chi connectivity index (χ2v) is 5.41. The molecule has 0 bridgehead atoms. The van der Waals surface area contributed by atoms with Crippen LogP contribution in [0.5, 0.6) is 0 Å². The third-order valence-corrected chi connectivity index (χ3v) is 2.61. The molecule has 0 aromatic rings. The van der Waals surface area contributed by atoms with E-state index in [1.165, 1.54) is 4.90 Å². The molecule has 0 aromatic heterocycles. The van der Waals surface area contributed by atoms with Gasteiger partial charge >= 0.3 is 11.9 Å². The number of likely N-dealkylation sites (tertiary alicyclic amines) is 1. The maximum absolute atomic E-state index is 11.7. The van der Waals surface area contributed by atoms with Crippen LogP contribution in [0.2, 0.25) is 0 Å². The van der Waals surface area contributed by atoms with Crippen LogP contribution in [-0.4, -0.2) is 47.5 Å². The molecule has 108 valence electrons. The molecule has 1 rings (SSSR count). The van der Waals surface area contributed by atoms with Crippen molar-refractivity contribution in [2.75, 3.05) is 13.2 Å². The molecule has 1 atom stereocenters. The van der Waals surface area contributed by atoms with Crippen LogP contribution in [-0.2, 0) is 23.9 Å². The van der Waals surface area contributed by atoms with Gasteiger partial charge < -0.3 is 14.4 Å². The molecule has 1 aliphatic rings. The first-order valence-electron chi connectivity index (χ1n) is 6.42. The van der Waals surface area contributed by atoms with Gasteiger partial charge in [-0.15, -0.1) is 0 Å². The van der Waals surface area contributed by atoms with Gasteiger partial charge in [-0.25, -0.2) is 4.79 Å². The number of amides is 1. The number of rotatable bonds is 4. The highest BCUT2D eigenvalue weighted by Gasteiger charge is 2.38. The number of hydrogen-bond donors (Lipinski definition) is 0. The molecule has 19 heavy (non-hydrogen) atoms. The van der Waals surface area contributed by atoms with Crippen molar-refractivity contribution in [2.24, 2.45) is 0 Å². The summed E-state index contributed by atoms with van der Waals surface area (Å²) in [6.45, 7) is 6.99. The second kappa shape index (κ2) is 6.04. The van der Waals surface area contributed by atoms with Gasteiger partial charge in [-0.1, -0.05) is 0 Å². The van der Waals surface area contributed by atoms with E-state index in [0.717, 1.165) is 0 Å². The van der Waals surface area contributed by atoms with Gasteiger partial charge in [-0.05, 0) is 34.1 Å². The molecule has 1 unspecified atom stereocenters. The lowest BCUT2D eigenvalue weighted by Crippen LogP contribution is -2.44. The van der Waals surface area contributed by atoms with E-state index in [0.29, 0.717) is 6.42 Å². The predicted octanol–water partition coefficient (Wildman–Crippen LogP) is 0.882. The highest BCUT2D eigenvalue weighted by atomic mass is 16.6. The van der Waals surface area contributed by atoms with E-state index in [9.17, 15) is 14.4 Å². The Bertz CT molecular complexity index is 372. The number of carbonyl (C=O) groups excluding carboxylic acids is 3. The van der Waals surface area contributed by atoms with Crippen molar-refractivity contribution in [3.05, 3.63) is 0 Å². The molecule has 0 aromatic carbocycles. The van der Waals surface area contributed by atoms with Crippen LogP contribution >= 0.6 is 0 Å². The van der Waals surface area contributed by atoms with Crippen LogP contribution in [0.15, 0.2) is 0 Å². The van der Waals surface area contributed by atoms with Crippen molar-refractivity contribution in [3.8, 4) is 0 Å². The summed E-state index contributed by atoms with van der Waals surface area (Å²) in [6.07, 6.45) is 0.646. The van der Waals surface area contributed by atoms with Gasteiger partial charge in [0.1, 0.15) is 18.2 Å². The third-order valence-electron chi connectivity index (χ3n) is 2.61. The topological polar surface area (TPSA) is 72.9 Å². The quantitative estimate of drug-likeness (QED) is 0.710. The fourth-order valence-corrected chi connectivity index (χ4v) is 1.93. The maximum atomic E-state index is 11.7. The fraction of sp³-hybridized carbons (Fsp3) is 0.769. The number of nitrogens with zero attached hydrogens (tertiary/aromatic N) is 1.